The van der Waals surface area contributed by atoms with E-state index in [0.717, 1.165) is 17.4 Å². The Hall–Kier alpha value is -0.990. The van der Waals surface area contributed by atoms with Crippen LogP contribution in [0.15, 0.2) is 28.3 Å². The van der Waals surface area contributed by atoms with Gasteiger partial charge in [0, 0.05) is 0 Å². The van der Waals surface area contributed by atoms with Crippen LogP contribution in [0, 0.1) is 5.82 Å². The molecular formula is C11H6BrF4NOS. The van der Waals surface area contributed by atoms with E-state index in [4.69, 9.17) is 0 Å². The molecule has 0 radical (unpaired) electrons. The van der Waals surface area contributed by atoms with Gasteiger partial charge in [0.1, 0.15) is 16.5 Å². The van der Waals surface area contributed by atoms with Crippen LogP contribution in [0.25, 0.3) is 0 Å². The van der Waals surface area contributed by atoms with Gasteiger partial charge in [-0.25, -0.2) is 9.37 Å². The first kappa shape index (κ1) is 14.4. The number of aromatic nitrogens is 1. The van der Waals surface area contributed by atoms with E-state index in [1.165, 1.54) is 5.51 Å². The van der Waals surface area contributed by atoms with Crippen LogP contribution >= 0.6 is 27.3 Å². The Kier molecular flexibility index (Phi) is 3.93. The lowest BCUT2D eigenvalue weighted by Crippen LogP contribution is -2.10. The summed E-state index contributed by atoms with van der Waals surface area (Å²) in [6, 6.07) is 2.41. The molecule has 0 aliphatic carbocycles. The molecule has 0 bridgehead atoms. The standard InChI is InChI=1S/C11H6BrF4NOS/c12-10-9(19-4-17-10)8(18)5-1-2-7(13)6(3-5)11(14,15)16/h1-4,8,18H. The van der Waals surface area contributed by atoms with Crippen molar-refractivity contribution in [2.24, 2.45) is 0 Å². The van der Waals surface area contributed by atoms with Gasteiger partial charge in [-0.3, -0.25) is 0 Å². The second-order valence-corrected chi connectivity index (χ2v) is 5.28. The number of hydrogen-bond acceptors (Lipinski definition) is 3. The third-order valence-electron chi connectivity index (χ3n) is 2.41. The van der Waals surface area contributed by atoms with Gasteiger partial charge in [0.15, 0.2) is 0 Å². The van der Waals surface area contributed by atoms with Gasteiger partial charge in [0.2, 0.25) is 0 Å². The third kappa shape index (κ3) is 2.96. The molecule has 102 valence electrons. The highest BCUT2D eigenvalue weighted by Gasteiger charge is 2.35. The van der Waals surface area contributed by atoms with Crippen molar-refractivity contribution in [3.8, 4) is 0 Å². The van der Waals surface area contributed by atoms with Crippen molar-refractivity contribution >= 4 is 27.3 Å². The van der Waals surface area contributed by atoms with E-state index in [0.29, 0.717) is 21.6 Å². The van der Waals surface area contributed by atoms with Gasteiger partial charge < -0.3 is 5.11 Å². The van der Waals surface area contributed by atoms with E-state index in [1.807, 2.05) is 0 Å². The summed E-state index contributed by atoms with van der Waals surface area (Å²) >= 11 is 4.17. The molecule has 2 rings (SSSR count). The maximum absolute atomic E-state index is 13.1. The number of aliphatic hydroxyl groups excluding tert-OH is 1. The molecule has 0 spiro atoms. The normalized spacial score (nSPS) is 13.6. The fourth-order valence-corrected chi connectivity index (χ4v) is 2.92. The molecule has 0 saturated carbocycles. The molecule has 1 aromatic carbocycles. The number of rotatable bonds is 2. The van der Waals surface area contributed by atoms with Crippen molar-refractivity contribution < 1.29 is 22.7 Å². The first-order valence-electron chi connectivity index (χ1n) is 4.94. The molecular weight excluding hydrogens is 350 g/mol. The van der Waals surface area contributed by atoms with E-state index >= 15 is 0 Å². The summed E-state index contributed by atoms with van der Waals surface area (Å²) in [5.74, 6) is -1.37. The zero-order chi connectivity index (χ0) is 14.2. The lowest BCUT2D eigenvalue weighted by molar-refractivity contribution is -0.140. The minimum atomic E-state index is -4.80. The molecule has 1 N–H and O–H groups in total. The smallest absolute Gasteiger partial charge is 0.383 e. The molecule has 1 atom stereocenters. The van der Waals surface area contributed by atoms with Crippen LogP contribution in [0.5, 0.6) is 0 Å². The van der Waals surface area contributed by atoms with E-state index in [-0.39, 0.29) is 5.56 Å². The Morgan fingerprint density at radius 2 is 2.00 bits per heavy atom. The predicted molar refractivity (Wildman–Crippen MR) is 65.3 cm³/mol. The summed E-state index contributed by atoms with van der Waals surface area (Å²) in [5.41, 5.74) is -0.0000315. The minimum absolute atomic E-state index is 0.0429. The van der Waals surface area contributed by atoms with E-state index in [9.17, 15) is 22.7 Å². The van der Waals surface area contributed by atoms with Gasteiger partial charge in [0.25, 0.3) is 0 Å². The van der Waals surface area contributed by atoms with Crippen molar-refractivity contribution in [2.45, 2.75) is 12.3 Å². The summed E-state index contributed by atoms with van der Waals surface area (Å²) in [4.78, 5) is 4.19. The SMILES string of the molecule is OC(c1ccc(F)c(C(F)(F)F)c1)c1scnc1Br. The van der Waals surface area contributed by atoms with Crippen molar-refractivity contribution in [2.75, 3.05) is 0 Å². The zero-order valence-corrected chi connectivity index (χ0v) is 11.5. The van der Waals surface area contributed by atoms with Crippen LogP contribution in [0.3, 0.4) is 0 Å². The largest absolute Gasteiger partial charge is 0.419 e. The number of alkyl halides is 3. The third-order valence-corrected chi connectivity index (χ3v) is 4.18. The Bertz CT molecular complexity index is 599. The van der Waals surface area contributed by atoms with E-state index in [1.54, 1.807) is 0 Å². The fourth-order valence-electron chi connectivity index (χ4n) is 1.50. The van der Waals surface area contributed by atoms with Crippen LogP contribution in [0.2, 0.25) is 0 Å². The highest BCUT2D eigenvalue weighted by atomic mass is 79.9. The zero-order valence-electron chi connectivity index (χ0n) is 9.08. The van der Waals surface area contributed by atoms with Gasteiger partial charge in [-0.2, -0.15) is 13.2 Å². The molecule has 2 aromatic rings. The maximum Gasteiger partial charge on any atom is 0.419 e. The summed E-state index contributed by atoms with van der Waals surface area (Å²) in [5, 5.41) is 9.99. The van der Waals surface area contributed by atoms with Crippen molar-refractivity contribution in [3.05, 3.63) is 50.1 Å². The van der Waals surface area contributed by atoms with Gasteiger partial charge in [0.05, 0.1) is 16.0 Å². The lowest BCUT2D eigenvalue weighted by atomic mass is 10.0. The summed E-state index contributed by atoms with van der Waals surface area (Å²) in [6.45, 7) is 0. The van der Waals surface area contributed by atoms with Crippen LogP contribution in [-0.4, -0.2) is 10.1 Å². The van der Waals surface area contributed by atoms with Gasteiger partial charge >= 0.3 is 6.18 Å². The average molecular weight is 356 g/mol. The van der Waals surface area contributed by atoms with Gasteiger partial charge in [-0.05, 0) is 33.6 Å². The fraction of sp³-hybridized carbons (Fsp3) is 0.182. The molecule has 19 heavy (non-hydrogen) atoms. The van der Waals surface area contributed by atoms with Crippen molar-refractivity contribution in [1.82, 2.24) is 4.98 Å². The quantitative estimate of drug-likeness (QED) is 0.821. The molecule has 0 saturated heterocycles. The number of benzene rings is 1. The number of aliphatic hydroxyl groups is 1. The van der Waals surface area contributed by atoms with Crippen LogP contribution in [0.4, 0.5) is 17.6 Å². The Morgan fingerprint density at radius 3 is 2.53 bits per heavy atom. The summed E-state index contributed by atoms with van der Waals surface area (Å²) in [6.07, 6.45) is -6.09. The molecule has 0 aliphatic rings. The first-order valence-corrected chi connectivity index (χ1v) is 6.61. The second-order valence-electron chi connectivity index (χ2n) is 3.65. The van der Waals surface area contributed by atoms with Crippen molar-refractivity contribution in [3.63, 3.8) is 0 Å². The second kappa shape index (κ2) is 5.18. The maximum atomic E-state index is 13.1. The molecule has 0 aliphatic heterocycles. The monoisotopic (exact) mass is 355 g/mol. The molecule has 1 aromatic heterocycles. The highest BCUT2D eigenvalue weighted by Crippen LogP contribution is 2.36. The van der Waals surface area contributed by atoms with Gasteiger partial charge in [-0.1, -0.05) is 6.07 Å². The molecule has 1 unspecified atom stereocenters. The molecule has 8 heteroatoms. The average Bonchev–Trinajstić information content (AvgIpc) is 2.73. The first-order chi connectivity index (χ1) is 8.80. The minimum Gasteiger partial charge on any atom is -0.383 e. The topological polar surface area (TPSA) is 33.1 Å². The number of halogens is 5. The van der Waals surface area contributed by atoms with Crippen LogP contribution in [0.1, 0.15) is 22.1 Å². The molecule has 0 fully saturated rings. The van der Waals surface area contributed by atoms with Gasteiger partial charge in [-0.15, -0.1) is 11.3 Å². The number of nitrogens with zero attached hydrogens (tertiary/aromatic N) is 1. The van der Waals surface area contributed by atoms with E-state index < -0.39 is 23.7 Å². The highest BCUT2D eigenvalue weighted by molar-refractivity contribution is 9.10. The van der Waals surface area contributed by atoms with Crippen LogP contribution in [-0.2, 0) is 6.18 Å². The van der Waals surface area contributed by atoms with E-state index in [2.05, 4.69) is 20.9 Å². The number of hydrogen-bond donors (Lipinski definition) is 1. The van der Waals surface area contributed by atoms with Crippen LogP contribution < -0.4 is 0 Å². The Balaban J connectivity index is 2.44. The number of thiazole rings is 1. The summed E-state index contributed by atoms with van der Waals surface area (Å²) < 4.78 is 51.2. The molecule has 1 heterocycles. The predicted octanol–water partition coefficient (Wildman–Crippen LogP) is 4.15. The Labute approximate surface area is 117 Å². The Morgan fingerprint density at radius 1 is 1.32 bits per heavy atom. The summed E-state index contributed by atoms with van der Waals surface area (Å²) in [7, 11) is 0. The van der Waals surface area contributed by atoms with Crippen molar-refractivity contribution in [1.29, 1.82) is 0 Å². The lowest BCUT2D eigenvalue weighted by Gasteiger charge is -2.13. The molecule has 2 nitrogen and oxygen atoms in total. The molecule has 0 amide bonds.